The highest BCUT2D eigenvalue weighted by Crippen LogP contribution is 1.96. The largest absolute Gasteiger partial charge is 0.498 e. The van der Waals surface area contributed by atoms with E-state index in [0.29, 0.717) is 0 Å². The highest BCUT2D eigenvalue weighted by molar-refractivity contribution is 5.77. The minimum absolute atomic E-state index is 0.00438. The molecule has 0 rings (SSSR count). The average Bonchev–Trinajstić information content (AvgIpc) is 2.37. The van der Waals surface area contributed by atoms with E-state index >= 15 is 0 Å². The third-order valence-electron chi connectivity index (χ3n) is 1.77. The standard InChI is InChI=1S/C12H18O7/c1-3-16-6-7-18-11(14)4-5-12(15)19-9-8-17-10(2)13/h3H,1,4-9H2,2H3. The lowest BCUT2D eigenvalue weighted by molar-refractivity contribution is -0.153. The van der Waals surface area contributed by atoms with Crippen LogP contribution in [0.3, 0.4) is 0 Å². The summed E-state index contributed by atoms with van der Waals surface area (Å²) in [5.41, 5.74) is 0. The molecule has 0 aliphatic carbocycles. The summed E-state index contributed by atoms with van der Waals surface area (Å²) in [5.74, 6) is -1.50. The van der Waals surface area contributed by atoms with Crippen LogP contribution in [0.4, 0.5) is 0 Å². The van der Waals surface area contributed by atoms with Gasteiger partial charge in [0.05, 0.1) is 19.1 Å². The minimum atomic E-state index is -0.550. The van der Waals surface area contributed by atoms with Crippen LogP contribution in [-0.2, 0) is 33.3 Å². The summed E-state index contributed by atoms with van der Waals surface area (Å²) in [7, 11) is 0. The summed E-state index contributed by atoms with van der Waals surface area (Å²) in [4.78, 5) is 32.7. The lowest BCUT2D eigenvalue weighted by atomic mass is 10.3. The van der Waals surface area contributed by atoms with Crippen LogP contribution in [0.1, 0.15) is 19.8 Å². The van der Waals surface area contributed by atoms with Crippen molar-refractivity contribution in [3.63, 3.8) is 0 Å². The van der Waals surface area contributed by atoms with Crippen molar-refractivity contribution in [2.75, 3.05) is 26.4 Å². The van der Waals surface area contributed by atoms with Crippen molar-refractivity contribution < 1.29 is 33.3 Å². The third kappa shape index (κ3) is 12.2. The second kappa shape index (κ2) is 11.1. The zero-order chi connectivity index (χ0) is 14.5. The molecule has 7 heteroatoms. The Morgan fingerprint density at radius 3 is 1.84 bits per heavy atom. The van der Waals surface area contributed by atoms with E-state index in [-0.39, 0.29) is 39.3 Å². The van der Waals surface area contributed by atoms with Gasteiger partial charge in [-0.15, -0.1) is 0 Å². The van der Waals surface area contributed by atoms with Gasteiger partial charge in [0.15, 0.2) is 0 Å². The quantitative estimate of drug-likeness (QED) is 0.249. The zero-order valence-corrected chi connectivity index (χ0v) is 10.9. The normalized spacial score (nSPS) is 9.32. The first-order valence-corrected chi connectivity index (χ1v) is 5.73. The molecule has 7 nitrogen and oxygen atoms in total. The minimum Gasteiger partial charge on any atom is -0.498 e. The first-order valence-electron chi connectivity index (χ1n) is 5.73. The SMILES string of the molecule is C=COCCOC(=O)CCC(=O)OCCOC(C)=O. The van der Waals surface area contributed by atoms with E-state index in [0.717, 1.165) is 0 Å². The molecular formula is C12H18O7. The Bertz CT molecular complexity index is 311. The van der Waals surface area contributed by atoms with Crippen molar-refractivity contribution in [1.82, 2.24) is 0 Å². The highest BCUT2D eigenvalue weighted by Gasteiger charge is 2.09. The maximum absolute atomic E-state index is 11.2. The lowest BCUT2D eigenvalue weighted by Gasteiger charge is -2.06. The number of carbonyl (C=O) groups excluding carboxylic acids is 3. The first kappa shape index (κ1) is 16.9. The molecule has 0 unspecified atom stereocenters. The van der Waals surface area contributed by atoms with Gasteiger partial charge >= 0.3 is 17.9 Å². The number of hydrogen-bond acceptors (Lipinski definition) is 7. The van der Waals surface area contributed by atoms with E-state index in [4.69, 9.17) is 14.2 Å². The van der Waals surface area contributed by atoms with E-state index < -0.39 is 17.9 Å². The third-order valence-corrected chi connectivity index (χ3v) is 1.77. The van der Waals surface area contributed by atoms with E-state index in [1.165, 1.54) is 13.2 Å². The van der Waals surface area contributed by atoms with Gasteiger partial charge in [0.1, 0.15) is 26.4 Å². The molecular weight excluding hydrogens is 256 g/mol. The van der Waals surface area contributed by atoms with Crippen LogP contribution in [0.5, 0.6) is 0 Å². The van der Waals surface area contributed by atoms with Crippen molar-refractivity contribution in [2.24, 2.45) is 0 Å². The fourth-order valence-electron chi connectivity index (χ4n) is 0.976. The number of ether oxygens (including phenoxy) is 4. The molecule has 0 N–H and O–H groups in total. The van der Waals surface area contributed by atoms with Crippen molar-refractivity contribution in [1.29, 1.82) is 0 Å². The summed E-state index contributed by atoms with van der Waals surface area (Å²) < 4.78 is 18.8. The van der Waals surface area contributed by atoms with Crippen molar-refractivity contribution >= 4 is 17.9 Å². The Balaban J connectivity index is 3.47. The molecule has 0 fully saturated rings. The molecule has 19 heavy (non-hydrogen) atoms. The molecule has 0 bridgehead atoms. The molecule has 0 saturated carbocycles. The molecule has 0 heterocycles. The van der Waals surface area contributed by atoms with Gasteiger partial charge in [0.25, 0.3) is 0 Å². The number of rotatable bonds is 10. The van der Waals surface area contributed by atoms with E-state index in [1.54, 1.807) is 0 Å². The van der Waals surface area contributed by atoms with Crippen LogP contribution < -0.4 is 0 Å². The first-order chi connectivity index (χ1) is 9.06. The van der Waals surface area contributed by atoms with Gasteiger partial charge in [-0.1, -0.05) is 6.58 Å². The van der Waals surface area contributed by atoms with Gasteiger partial charge in [0.2, 0.25) is 0 Å². The molecule has 0 radical (unpaired) electrons. The van der Waals surface area contributed by atoms with Crippen LogP contribution in [0.2, 0.25) is 0 Å². The zero-order valence-electron chi connectivity index (χ0n) is 10.9. The fraction of sp³-hybridized carbons (Fsp3) is 0.583. The molecule has 0 aromatic carbocycles. The smallest absolute Gasteiger partial charge is 0.306 e. The maximum Gasteiger partial charge on any atom is 0.306 e. The molecule has 0 aromatic heterocycles. The van der Waals surface area contributed by atoms with Gasteiger partial charge in [0, 0.05) is 6.92 Å². The summed E-state index contributed by atoms with van der Waals surface area (Å²) in [5, 5.41) is 0. The lowest BCUT2D eigenvalue weighted by Crippen LogP contribution is -2.15. The molecule has 0 amide bonds. The number of hydrogen-bond donors (Lipinski definition) is 0. The predicted octanol–water partition coefficient (Wildman–Crippen LogP) is 0.576. The Morgan fingerprint density at radius 2 is 1.37 bits per heavy atom. The van der Waals surface area contributed by atoms with Crippen molar-refractivity contribution in [2.45, 2.75) is 19.8 Å². The summed E-state index contributed by atoms with van der Waals surface area (Å²) in [6, 6.07) is 0. The van der Waals surface area contributed by atoms with Gasteiger partial charge in [-0.2, -0.15) is 0 Å². The molecule has 108 valence electrons. The van der Waals surface area contributed by atoms with Crippen LogP contribution in [0.15, 0.2) is 12.8 Å². The monoisotopic (exact) mass is 274 g/mol. The average molecular weight is 274 g/mol. The fourth-order valence-corrected chi connectivity index (χ4v) is 0.976. The van der Waals surface area contributed by atoms with Gasteiger partial charge in [-0.3, -0.25) is 14.4 Å². The van der Waals surface area contributed by atoms with Crippen molar-refractivity contribution in [3.05, 3.63) is 12.8 Å². The second-order valence-electron chi connectivity index (χ2n) is 3.32. The second-order valence-corrected chi connectivity index (χ2v) is 3.32. The topological polar surface area (TPSA) is 88.1 Å². The van der Waals surface area contributed by atoms with Crippen LogP contribution in [0, 0.1) is 0 Å². The Labute approximate surface area is 111 Å². The molecule has 0 atom stereocenters. The Kier molecular flexibility index (Phi) is 9.87. The number of esters is 3. The number of carbonyl (C=O) groups is 3. The molecule has 0 aromatic rings. The van der Waals surface area contributed by atoms with Crippen molar-refractivity contribution in [3.8, 4) is 0 Å². The summed E-state index contributed by atoms with van der Waals surface area (Å²) in [6.45, 7) is 4.89. The highest BCUT2D eigenvalue weighted by atomic mass is 16.6. The van der Waals surface area contributed by atoms with Crippen LogP contribution >= 0.6 is 0 Å². The Hall–Kier alpha value is -2.05. The summed E-state index contributed by atoms with van der Waals surface area (Å²) in [6.07, 6.45) is 1.09. The van der Waals surface area contributed by atoms with Crippen LogP contribution in [0.25, 0.3) is 0 Å². The Morgan fingerprint density at radius 1 is 0.895 bits per heavy atom. The molecule has 0 spiro atoms. The summed E-state index contributed by atoms with van der Waals surface area (Å²) >= 11 is 0. The maximum atomic E-state index is 11.2. The van der Waals surface area contributed by atoms with Crippen LogP contribution in [-0.4, -0.2) is 44.3 Å². The van der Waals surface area contributed by atoms with E-state index in [2.05, 4.69) is 11.3 Å². The van der Waals surface area contributed by atoms with Gasteiger partial charge in [-0.05, 0) is 0 Å². The van der Waals surface area contributed by atoms with E-state index in [9.17, 15) is 14.4 Å². The van der Waals surface area contributed by atoms with Gasteiger partial charge < -0.3 is 18.9 Å². The van der Waals surface area contributed by atoms with E-state index in [1.807, 2.05) is 0 Å². The predicted molar refractivity (Wildman–Crippen MR) is 63.9 cm³/mol. The molecule has 0 aliphatic rings. The molecule has 0 saturated heterocycles. The van der Waals surface area contributed by atoms with Gasteiger partial charge in [-0.25, -0.2) is 0 Å². The molecule has 0 aliphatic heterocycles.